The first-order valence-corrected chi connectivity index (χ1v) is 7.56. The van der Waals surface area contributed by atoms with E-state index in [0.717, 1.165) is 38.4 Å². The maximum absolute atomic E-state index is 11.5. The molecular formula is C14H24N4O3. The van der Waals surface area contributed by atoms with Crippen molar-refractivity contribution in [2.45, 2.75) is 33.1 Å². The zero-order valence-electron chi connectivity index (χ0n) is 13.0. The number of nitrogens with zero attached hydrogens (tertiary/aromatic N) is 4. The summed E-state index contributed by atoms with van der Waals surface area (Å²) in [5.41, 5.74) is 0. The summed E-state index contributed by atoms with van der Waals surface area (Å²) in [4.78, 5) is 20.2. The lowest BCUT2D eigenvalue weighted by Gasteiger charge is -2.19. The van der Waals surface area contributed by atoms with Crippen LogP contribution in [-0.4, -0.2) is 60.3 Å². The molecule has 0 N–H and O–H groups in total. The van der Waals surface area contributed by atoms with Gasteiger partial charge in [-0.3, -0.25) is 9.69 Å². The van der Waals surface area contributed by atoms with Gasteiger partial charge in [-0.25, -0.2) is 0 Å². The lowest BCUT2D eigenvalue weighted by Crippen LogP contribution is -2.35. The fraction of sp³-hybridized carbons (Fsp3) is 0.786. The van der Waals surface area contributed by atoms with Crippen LogP contribution in [0.5, 0.6) is 0 Å². The highest BCUT2D eigenvalue weighted by Crippen LogP contribution is 2.17. The topological polar surface area (TPSA) is 71.7 Å². The second-order valence-corrected chi connectivity index (χ2v) is 5.51. The van der Waals surface area contributed by atoms with Gasteiger partial charge in [0.25, 0.3) is 0 Å². The van der Waals surface area contributed by atoms with Crippen molar-refractivity contribution in [1.29, 1.82) is 0 Å². The molecular weight excluding hydrogens is 272 g/mol. The first-order valence-electron chi connectivity index (χ1n) is 7.56. The fourth-order valence-electron chi connectivity index (χ4n) is 2.30. The van der Waals surface area contributed by atoms with E-state index >= 15 is 0 Å². The highest BCUT2D eigenvalue weighted by atomic mass is 16.5. The predicted octanol–water partition coefficient (Wildman–Crippen LogP) is 1.27. The molecule has 0 atom stereocenters. The highest BCUT2D eigenvalue weighted by Gasteiger charge is 2.21. The molecule has 0 radical (unpaired) electrons. The van der Waals surface area contributed by atoms with Crippen LogP contribution in [0.1, 0.15) is 38.9 Å². The second kappa shape index (κ2) is 7.40. The van der Waals surface area contributed by atoms with Crippen LogP contribution in [0.25, 0.3) is 0 Å². The third-order valence-corrected chi connectivity index (χ3v) is 3.46. The van der Waals surface area contributed by atoms with Gasteiger partial charge in [-0.2, -0.15) is 4.98 Å². The van der Waals surface area contributed by atoms with Gasteiger partial charge < -0.3 is 14.2 Å². The molecule has 0 bridgehead atoms. The van der Waals surface area contributed by atoms with E-state index in [0.29, 0.717) is 19.2 Å². The summed E-state index contributed by atoms with van der Waals surface area (Å²) in [6.45, 7) is 9.98. The van der Waals surface area contributed by atoms with E-state index in [2.05, 4.69) is 19.9 Å². The normalized spacial score (nSPS) is 17.0. The van der Waals surface area contributed by atoms with E-state index in [1.54, 1.807) is 0 Å². The van der Waals surface area contributed by atoms with Crippen molar-refractivity contribution in [3.05, 3.63) is 5.82 Å². The van der Waals surface area contributed by atoms with E-state index in [1.807, 2.05) is 20.8 Å². The molecule has 2 heterocycles. The van der Waals surface area contributed by atoms with E-state index in [9.17, 15) is 4.79 Å². The van der Waals surface area contributed by atoms with Crippen LogP contribution in [0, 0.1) is 0 Å². The van der Waals surface area contributed by atoms with Gasteiger partial charge in [0, 0.05) is 32.1 Å². The van der Waals surface area contributed by atoms with Crippen LogP contribution in [0.3, 0.4) is 0 Å². The van der Waals surface area contributed by atoms with Crippen molar-refractivity contribution in [2.24, 2.45) is 0 Å². The summed E-state index contributed by atoms with van der Waals surface area (Å²) in [6, 6.07) is 0.580. The van der Waals surface area contributed by atoms with E-state index < -0.39 is 0 Å². The molecule has 0 saturated carbocycles. The maximum atomic E-state index is 11.5. The van der Waals surface area contributed by atoms with Crippen molar-refractivity contribution >= 4 is 12.0 Å². The van der Waals surface area contributed by atoms with Gasteiger partial charge in [0.2, 0.25) is 0 Å². The number of rotatable bonds is 5. The third-order valence-electron chi connectivity index (χ3n) is 3.46. The Bertz CT molecular complexity index is 461. The molecule has 0 aromatic carbocycles. The minimum absolute atomic E-state index is 0.161. The van der Waals surface area contributed by atoms with Crippen molar-refractivity contribution in [3.63, 3.8) is 0 Å². The molecule has 21 heavy (non-hydrogen) atoms. The first kappa shape index (κ1) is 15.8. The highest BCUT2D eigenvalue weighted by molar-refractivity contribution is 5.71. The van der Waals surface area contributed by atoms with Gasteiger partial charge >= 0.3 is 12.0 Å². The molecule has 2 rings (SSSR count). The molecule has 1 saturated heterocycles. The minimum atomic E-state index is -0.161. The van der Waals surface area contributed by atoms with Gasteiger partial charge in [0.05, 0.1) is 13.2 Å². The molecule has 0 unspecified atom stereocenters. The number of carbonyl (C=O) groups excluding carboxylic acids is 1. The summed E-state index contributed by atoms with van der Waals surface area (Å²) in [5.74, 6) is 0.832. The van der Waals surface area contributed by atoms with E-state index in [1.165, 1.54) is 0 Å². The molecule has 0 aliphatic carbocycles. The van der Waals surface area contributed by atoms with Gasteiger partial charge in [0.1, 0.15) is 0 Å². The van der Waals surface area contributed by atoms with Crippen LogP contribution in [-0.2, 0) is 9.53 Å². The molecule has 1 aliphatic rings. The molecule has 118 valence electrons. The molecule has 1 aliphatic heterocycles. The molecule has 0 amide bonds. The van der Waals surface area contributed by atoms with E-state index in [-0.39, 0.29) is 11.9 Å². The van der Waals surface area contributed by atoms with Crippen LogP contribution in [0.4, 0.5) is 6.01 Å². The van der Waals surface area contributed by atoms with Crippen LogP contribution < -0.4 is 4.90 Å². The van der Waals surface area contributed by atoms with Crippen LogP contribution >= 0.6 is 0 Å². The fourth-order valence-corrected chi connectivity index (χ4v) is 2.30. The summed E-state index contributed by atoms with van der Waals surface area (Å²) in [6.07, 6.45) is 0.957. The van der Waals surface area contributed by atoms with Gasteiger partial charge in [-0.05, 0) is 13.3 Å². The van der Waals surface area contributed by atoms with Crippen molar-refractivity contribution in [3.8, 4) is 0 Å². The number of carbonyl (C=O) groups is 1. The van der Waals surface area contributed by atoms with Crippen molar-refractivity contribution in [1.82, 2.24) is 15.0 Å². The summed E-state index contributed by atoms with van der Waals surface area (Å²) < 4.78 is 10.3. The number of anilines is 1. The van der Waals surface area contributed by atoms with Crippen molar-refractivity contribution < 1.29 is 14.1 Å². The Hall–Kier alpha value is -1.63. The van der Waals surface area contributed by atoms with Gasteiger partial charge in [-0.15, -0.1) is 0 Å². The molecule has 1 aromatic heterocycles. The maximum Gasteiger partial charge on any atom is 0.324 e. The summed E-state index contributed by atoms with van der Waals surface area (Å²) >= 11 is 0. The Morgan fingerprint density at radius 3 is 2.81 bits per heavy atom. The Labute approximate surface area is 125 Å². The monoisotopic (exact) mass is 296 g/mol. The number of hydrogen-bond acceptors (Lipinski definition) is 7. The van der Waals surface area contributed by atoms with Crippen molar-refractivity contribution in [2.75, 3.05) is 44.2 Å². The number of ether oxygens (including phenoxy) is 1. The average molecular weight is 296 g/mol. The lowest BCUT2D eigenvalue weighted by atomic mass is 10.2. The predicted molar refractivity (Wildman–Crippen MR) is 78.3 cm³/mol. The van der Waals surface area contributed by atoms with Gasteiger partial charge in [-0.1, -0.05) is 19.0 Å². The first-order chi connectivity index (χ1) is 10.1. The van der Waals surface area contributed by atoms with Crippen LogP contribution in [0.2, 0.25) is 0 Å². The zero-order chi connectivity index (χ0) is 15.2. The Kier molecular flexibility index (Phi) is 5.55. The number of hydrogen-bond donors (Lipinski definition) is 0. The SMILES string of the molecule is CCOC(=O)CN1CCCN(c2nc(C(C)C)no2)CC1. The third kappa shape index (κ3) is 4.42. The molecule has 1 fully saturated rings. The van der Waals surface area contributed by atoms with Crippen LogP contribution in [0.15, 0.2) is 4.52 Å². The standard InChI is InChI=1S/C14H24N4O3/c1-4-20-12(19)10-17-6-5-7-18(9-8-17)14-15-13(11(2)3)16-21-14/h11H,4-10H2,1-3H3. The number of esters is 1. The molecule has 0 spiro atoms. The Balaban J connectivity index is 1.89. The lowest BCUT2D eigenvalue weighted by molar-refractivity contribution is -0.144. The Morgan fingerprint density at radius 2 is 2.14 bits per heavy atom. The zero-order valence-corrected chi connectivity index (χ0v) is 13.0. The molecule has 7 heteroatoms. The second-order valence-electron chi connectivity index (χ2n) is 5.51. The molecule has 1 aromatic rings. The minimum Gasteiger partial charge on any atom is -0.465 e. The Morgan fingerprint density at radius 1 is 1.33 bits per heavy atom. The average Bonchev–Trinajstić information content (AvgIpc) is 2.82. The summed E-state index contributed by atoms with van der Waals surface area (Å²) in [5, 5.41) is 4.00. The summed E-state index contributed by atoms with van der Waals surface area (Å²) in [7, 11) is 0. The van der Waals surface area contributed by atoms with Gasteiger partial charge in [0.15, 0.2) is 5.82 Å². The smallest absolute Gasteiger partial charge is 0.324 e. The quantitative estimate of drug-likeness (QED) is 0.758. The van der Waals surface area contributed by atoms with E-state index in [4.69, 9.17) is 9.26 Å². The number of aromatic nitrogens is 2. The largest absolute Gasteiger partial charge is 0.465 e. The molecule has 7 nitrogen and oxygen atoms in total.